The predicted octanol–water partition coefficient (Wildman–Crippen LogP) is 2.73. The van der Waals surface area contributed by atoms with Gasteiger partial charge in [-0.15, -0.1) is 0 Å². The van der Waals surface area contributed by atoms with Crippen LogP contribution in [0.4, 0.5) is 10.3 Å². The Balaban J connectivity index is 2.21. The Hall–Kier alpha value is -2.08. The normalized spacial score (nSPS) is 11.9. The van der Waals surface area contributed by atoms with Crippen molar-refractivity contribution < 1.29 is 4.39 Å². The molecular weight excluding hydrogens is 275 g/mol. The first-order chi connectivity index (χ1) is 9.45. The van der Waals surface area contributed by atoms with Crippen molar-refractivity contribution in [3.05, 3.63) is 53.1 Å². The molecule has 1 unspecified atom stereocenters. The van der Waals surface area contributed by atoms with Crippen LogP contribution in [0.1, 0.15) is 29.9 Å². The number of halogens is 1. The van der Waals surface area contributed by atoms with Gasteiger partial charge in [-0.1, -0.05) is 24.4 Å². The van der Waals surface area contributed by atoms with Crippen LogP contribution in [-0.2, 0) is 0 Å². The van der Waals surface area contributed by atoms with E-state index in [-0.39, 0.29) is 16.8 Å². The summed E-state index contributed by atoms with van der Waals surface area (Å²) in [6.45, 7) is 3.79. The summed E-state index contributed by atoms with van der Waals surface area (Å²) in [6.07, 6.45) is 0. The highest BCUT2D eigenvalue weighted by molar-refractivity contribution is 7.80. The van der Waals surface area contributed by atoms with E-state index in [9.17, 15) is 4.39 Å². The average Bonchev–Trinajstić information content (AvgIpc) is 2.38. The number of thiocarbonyl (C=S) groups is 1. The molecule has 0 saturated heterocycles. The molecule has 20 heavy (non-hydrogen) atoms. The molecule has 0 fully saturated rings. The third-order valence-corrected chi connectivity index (χ3v) is 3.03. The number of aromatic nitrogens is 2. The van der Waals surface area contributed by atoms with E-state index in [0.29, 0.717) is 11.6 Å². The quantitative estimate of drug-likeness (QED) is 0.848. The Kier molecular flexibility index (Phi) is 4.24. The van der Waals surface area contributed by atoms with Crippen LogP contribution in [0.2, 0.25) is 0 Å². The van der Waals surface area contributed by atoms with Gasteiger partial charge in [0, 0.05) is 5.69 Å². The zero-order chi connectivity index (χ0) is 14.7. The summed E-state index contributed by atoms with van der Waals surface area (Å²) in [5.41, 5.74) is 7.82. The first kappa shape index (κ1) is 14.3. The molecule has 3 N–H and O–H groups in total. The number of nitrogens with two attached hydrogens (primary N) is 1. The lowest BCUT2D eigenvalue weighted by molar-refractivity contribution is 0.626. The van der Waals surface area contributed by atoms with Crippen LogP contribution in [0, 0.1) is 12.7 Å². The van der Waals surface area contributed by atoms with E-state index >= 15 is 0 Å². The largest absolute Gasteiger partial charge is 0.388 e. The summed E-state index contributed by atoms with van der Waals surface area (Å²) >= 11 is 4.92. The summed E-state index contributed by atoms with van der Waals surface area (Å²) in [4.78, 5) is 8.77. The first-order valence-corrected chi connectivity index (χ1v) is 6.54. The molecule has 1 heterocycles. The van der Waals surface area contributed by atoms with E-state index < -0.39 is 0 Å². The summed E-state index contributed by atoms with van der Waals surface area (Å²) in [5, 5.41) is 3.15. The van der Waals surface area contributed by atoms with Crippen LogP contribution >= 0.6 is 12.2 Å². The highest BCUT2D eigenvalue weighted by Crippen LogP contribution is 2.17. The molecule has 0 spiro atoms. The lowest BCUT2D eigenvalue weighted by Crippen LogP contribution is -2.16. The molecule has 1 atom stereocenters. The van der Waals surface area contributed by atoms with E-state index in [2.05, 4.69) is 15.3 Å². The number of anilines is 1. The number of nitrogens with one attached hydrogen (secondary N) is 1. The molecule has 0 aliphatic carbocycles. The van der Waals surface area contributed by atoms with Crippen LogP contribution < -0.4 is 11.1 Å². The third kappa shape index (κ3) is 3.48. The SMILES string of the molecule is Cc1cc(C(N)=S)nc(NC(C)c2ccc(F)cc2)n1. The van der Waals surface area contributed by atoms with Gasteiger partial charge in [-0.05, 0) is 37.6 Å². The Morgan fingerprint density at radius 2 is 1.95 bits per heavy atom. The Labute approximate surface area is 122 Å². The van der Waals surface area contributed by atoms with E-state index in [0.717, 1.165) is 11.3 Å². The standard InChI is InChI=1S/C14H15FN4S/c1-8-7-12(13(16)20)19-14(17-8)18-9(2)10-3-5-11(15)6-4-10/h3-7,9H,1-2H3,(H2,16,20)(H,17,18,19). The predicted molar refractivity (Wildman–Crippen MR) is 81.1 cm³/mol. The van der Waals surface area contributed by atoms with Crippen LogP contribution in [0.5, 0.6) is 0 Å². The minimum absolute atomic E-state index is 0.0587. The Morgan fingerprint density at radius 1 is 1.30 bits per heavy atom. The van der Waals surface area contributed by atoms with Crippen LogP contribution in [0.15, 0.2) is 30.3 Å². The van der Waals surface area contributed by atoms with E-state index in [1.807, 2.05) is 13.8 Å². The van der Waals surface area contributed by atoms with Crippen molar-refractivity contribution >= 4 is 23.2 Å². The Bertz CT molecular complexity index is 628. The van der Waals surface area contributed by atoms with Gasteiger partial charge in [-0.25, -0.2) is 14.4 Å². The van der Waals surface area contributed by atoms with Gasteiger partial charge < -0.3 is 11.1 Å². The van der Waals surface area contributed by atoms with Gasteiger partial charge in [0.15, 0.2) is 0 Å². The van der Waals surface area contributed by atoms with Crippen molar-refractivity contribution in [2.24, 2.45) is 5.73 Å². The van der Waals surface area contributed by atoms with Gasteiger partial charge in [0.25, 0.3) is 0 Å². The number of benzene rings is 1. The summed E-state index contributed by atoms with van der Waals surface area (Å²) < 4.78 is 12.9. The molecule has 2 rings (SSSR count). The number of aryl methyl sites for hydroxylation is 1. The maximum absolute atomic E-state index is 12.9. The van der Waals surface area contributed by atoms with Gasteiger partial charge in [0.05, 0.1) is 6.04 Å². The van der Waals surface area contributed by atoms with Crippen LogP contribution in [-0.4, -0.2) is 15.0 Å². The first-order valence-electron chi connectivity index (χ1n) is 6.13. The molecule has 0 amide bonds. The average molecular weight is 290 g/mol. The van der Waals surface area contributed by atoms with Crippen molar-refractivity contribution in [2.45, 2.75) is 19.9 Å². The van der Waals surface area contributed by atoms with Crippen molar-refractivity contribution in [1.82, 2.24) is 9.97 Å². The lowest BCUT2D eigenvalue weighted by atomic mass is 10.1. The second kappa shape index (κ2) is 5.92. The van der Waals surface area contributed by atoms with Crippen LogP contribution in [0.25, 0.3) is 0 Å². The second-order valence-electron chi connectivity index (χ2n) is 4.50. The fourth-order valence-electron chi connectivity index (χ4n) is 1.79. The van der Waals surface area contributed by atoms with Gasteiger partial charge in [0.2, 0.25) is 5.95 Å². The van der Waals surface area contributed by atoms with E-state index in [4.69, 9.17) is 18.0 Å². The van der Waals surface area contributed by atoms with E-state index in [1.165, 1.54) is 12.1 Å². The van der Waals surface area contributed by atoms with Gasteiger partial charge in [-0.3, -0.25) is 0 Å². The maximum Gasteiger partial charge on any atom is 0.224 e. The fourth-order valence-corrected chi connectivity index (χ4v) is 1.89. The van der Waals surface area contributed by atoms with Crippen LogP contribution in [0.3, 0.4) is 0 Å². The fraction of sp³-hybridized carbons (Fsp3) is 0.214. The lowest BCUT2D eigenvalue weighted by Gasteiger charge is -2.15. The molecule has 1 aromatic carbocycles. The van der Waals surface area contributed by atoms with Crippen molar-refractivity contribution in [2.75, 3.05) is 5.32 Å². The topological polar surface area (TPSA) is 63.8 Å². The molecule has 104 valence electrons. The summed E-state index contributed by atoms with van der Waals surface area (Å²) in [6, 6.07) is 7.96. The molecule has 0 radical (unpaired) electrons. The smallest absolute Gasteiger partial charge is 0.224 e. The third-order valence-electron chi connectivity index (χ3n) is 2.82. The number of hydrogen-bond donors (Lipinski definition) is 2. The molecule has 6 heteroatoms. The molecule has 0 saturated carbocycles. The molecule has 1 aromatic heterocycles. The molecule has 0 bridgehead atoms. The monoisotopic (exact) mass is 290 g/mol. The summed E-state index contributed by atoms with van der Waals surface area (Å²) in [5.74, 6) is 0.188. The summed E-state index contributed by atoms with van der Waals surface area (Å²) in [7, 11) is 0. The van der Waals surface area contributed by atoms with Crippen molar-refractivity contribution in [3.8, 4) is 0 Å². The highest BCUT2D eigenvalue weighted by Gasteiger charge is 2.09. The number of hydrogen-bond acceptors (Lipinski definition) is 4. The number of rotatable bonds is 4. The molecule has 4 nitrogen and oxygen atoms in total. The van der Waals surface area contributed by atoms with Gasteiger partial charge in [-0.2, -0.15) is 0 Å². The molecule has 0 aliphatic rings. The van der Waals surface area contributed by atoms with Gasteiger partial charge >= 0.3 is 0 Å². The molecule has 0 aliphatic heterocycles. The van der Waals surface area contributed by atoms with E-state index in [1.54, 1.807) is 18.2 Å². The minimum atomic E-state index is -0.261. The second-order valence-corrected chi connectivity index (χ2v) is 4.94. The molecular formula is C14H15FN4S. The zero-order valence-electron chi connectivity index (χ0n) is 11.2. The zero-order valence-corrected chi connectivity index (χ0v) is 12.0. The van der Waals surface area contributed by atoms with Crippen molar-refractivity contribution in [1.29, 1.82) is 0 Å². The number of nitrogens with zero attached hydrogens (tertiary/aromatic N) is 2. The maximum atomic E-state index is 12.9. The van der Waals surface area contributed by atoms with Crippen molar-refractivity contribution in [3.63, 3.8) is 0 Å². The van der Waals surface area contributed by atoms with Gasteiger partial charge in [0.1, 0.15) is 16.5 Å². The Morgan fingerprint density at radius 3 is 2.55 bits per heavy atom. The minimum Gasteiger partial charge on any atom is -0.388 e. The molecule has 2 aromatic rings. The highest BCUT2D eigenvalue weighted by atomic mass is 32.1.